The highest BCUT2D eigenvalue weighted by molar-refractivity contribution is 5.82. The lowest BCUT2D eigenvalue weighted by Gasteiger charge is -2.45. The minimum Gasteiger partial charge on any atom is -0.444 e. The Morgan fingerprint density at radius 2 is 1.75 bits per heavy atom. The quantitative estimate of drug-likeness (QED) is 0.783. The summed E-state index contributed by atoms with van der Waals surface area (Å²) in [6.45, 7) is 6.65. The van der Waals surface area contributed by atoms with Gasteiger partial charge < -0.3 is 14.5 Å². The first-order valence-corrected chi connectivity index (χ1v) is 6.31. The molecule has 0 atom stereocenters. The number of hydrogen-bond acceptors (Lipinski definition) is 3. The number of rotatable bonds is 2. The second-order valence-electron chi connectivity index (χ2n) is 5.63. The van der Waals surface area contributed by atoms with E-state index in [1.807, 2.05) is 0 Å². The van der Waals surface area contributed by atoms with E-state index < -0.39 is 29.8 Å². The van der Waals surface area contributed by atoms with Gasteiger partial charge in [-0.3, -0.25) is 4.79 Å². The Morgan fingerprint density at radius 3 is 2.10 bits per heavy atom. The zero-order valence-corrected chi connectivity index (χ0v) is 12.0. The van der Waals surface area contributed by atoms with E-state index >= 15 is 0 Å². The molecule has 116 valence electrons. The molecule has 0 radical (unpaired) electrons. The summed E-state index contributed by atoms with van der Waals surface area (Å²) < 4.78 is 42.3. The van der Waals surface area contributed by atoms with Crippen LogP contribution in [0, 0.1) is 0 Å². The van der Waals surface area contributed by atoms with Gasteiger partial charge in [-0.15, -0.1) is 0 Å². The highest BCUT2D eigenvalue weighted by atomic mass is 19.4. The summed E-state index contributed by atoms with van der Waals surface area (Å²) in [6.07, 6.45) is -5.47. The lowest BCUT2D eigenvalue weighted by Crippen LogP contribution is -2.64. The Morgan fingerprint density at radius 1 is 1.25 bits per heavy atom. The monoisotopic (exact) mass is 296 g/mol. The molecule has 5 nitrogen and oxygen atoms in total. The predicted octanol–water partition coefficient (Wildman–Crippen LogP) is 2.02. The summed E-state index contributed by atoms with van der Waals surface area (Å²) in [4.78, 5) is 24.9. The largest absolute Gasteiger partial charge is 0.471 e. The van der Waals surface area contributed by atoms with Crippen LogP contribution < -0.4 is 0 Å². The highest BCUT2D eigenvalue weighted by Gasteiger charge is 2.47. The van der Waals surface area contributed by atoms with Crippen LogP contribution in [-0.4, -0.2) is 59.3 Å². The fourth-order valence-electron chi connectivity index (χ4n) is 1.86. The van der Waals surface area contributed by atoms with Gasteiger partial charge in [0.25, 0.3) is 0 Å². The molecule has 0 aromatic heterocycles. The van der Waals surface area contributed by atoms with Gasteiger partial charge in [0, 0.05) is 19.6 Å². The number of carbonyl (C=O) groups excluding carboxylic acids is 2. The molecule has 0 aliphatic carbocycles. The molecule has 1 rings (SSSR count). The zero-order valence-electron chi connectivity index (χ0n) is 12.0. The summed E-state index contributed by atoms with van der Waals surface area (Å²) in [6, 6.07) is -0.610. The van der Waals surface area contributed by atoms with E-state index in [0.29, 0.717) is 0 Å². The molecule has 0 bridgehead atoms. The second-order valence-corrected chi connectivity index (χ2v) is 5.63. The van der Waals surface area contributed by atoms with E-state index in [0.717, 1.165) is 4.90 Å². The Bertz CT molecular complexity index is 384. The van der Waals surface area contributed by atoms with Crippen LogP contribution in [0.2, 0.25) is 0 Å². The smallest absolute Gasteiger partial charge is 0.444 e. The van der Waals surface area contributed by atoms with Crippen LogP contribution in [0.4, 0.5) is 18.0 Å². The van der Waals surface area contributed by atoms with Crippen LogP contribution in [0.1, 0.15) is 27.7 Å². The molecule has 0 spiro atoms. The van der Waals surface area contributed by atoms with Gasteiger partial charge in [0.2, 0.25) is 0 Å². The van der Waals surface area contributed by atoms with Crippen molar-refractivity contribution >= 4 is 12.0 Å². The number of carbonyl (C=O) groups is 2. The molecule has 1 heterocycles. The fourth-order valence-corrected chi connectivity index (χ4v) is 1.86. The van der Waals surface area contributed by atoms with Gasteiger partial charge in [0.05, 0.1) is 6.04 Å². The molecule has 0 aromatic carbocycles. The molecule has 1 fully saturated rings. The van der Waals surface area contributed by atoms with Gasteiger partial charge in [-0.05, 0) is 27.7 Å². The average molecular weight is 296 g/mol. The third kappa shape index (κ3) is 4.01. The van der Waals surface area contributed by atoms with Crippen molar-refractivity contribution in [3.8, 4) is 0 Å². The molecule has 2 amide bonds. The fraction of sp³-hybridized carbons (Fsp3) is 0.833. The number of nitrogens with zero attached hydrogens (tertiary/aromatic N) is 2. The number of hydrogen-bond donors (Lipinski definition) is 0. The van der Waals surface area contributed by atoms with Gasteiger partial charge in [0.1, 0.15) is 5.60 Å². The van der Waals surface area contributed by atoms with E-state index in [1.54, 1.807) is 20.8 Å². The van der Waals surface area contributed by atoms with Crippen molar-refractivity contribution in [2.75, 3.05) is 19.6 Å². The van der Waals surface area contributed by atoms with Crippen LogP contribution in [0.25, 0.3) is 0 Å². The Kier molecular flexibility index (Phi) is 4.55. The maximum Gasteiger partial charge on any atom is 0.471 e. The maximum absolute atomic E-state index is 12.4. The first kappa shape index (κ1) is 16.6. The van der Waals surface area contributed by atoms with Crippen LogP contribution in [-0.2, 0) is 9.53 Å². The molecule has 0 aromatic rings. The predicted molar refractivity (Wildman–Crippen MR) is 65.0 cm³/mol. The average Bonchev–Trinajstić information content (AvgIpc) is 2.17. The summed E-state index contributed by atoms with van der Waals surface area (Å²) in [5.74, 6) is -1.87. The summed E-state index contributed by atoms with van der Waals surface area (Å²) in [7, 11) is 0. The summed E-state index contributed by atoms with van der Waals surface area (Å²) in [5, 5.41) is 0. The van der Waals surface area contributed by atoms with E-state index in [9.17, 15) is 22.8 Å². The molecule has 0 unspecified atom stereocenters. The Balaban J connectivity index is 2.55. The van der Waals surface area contributed by atoms with E-state index in [2.05, 4.69) is 0 Å². The molecule has 1 aliphatic heterocycles. The van der Waals surface area contributed by atoms with Crippen LogP contribution in [0.3, 0.4) is 0 Å². The number of likely N-dealkylation sites (N-methyl/N-ethyl adjacent to an activating group) is 1. The number of likely N-dealkylation sites (tertiary alicyclic amines) is 1. The van der Waals surface area contributed by atoms with Gasteiger partial charge in [0.15, 0.2) is 0 Å². The van der Waals surface area contributed by atoms with Crippen molar-refractivity contribution in [1.29, 1.82) is 0 Å². The van der Waals surface area contributed by atoms with Crippen molar-refractivity contribution in [2.45, 2.75) is 45.5 Å². The number of halogens is 3. The first-order valence-electron chi connectivity index (χ1n) is 6.31. The Labute approximate surface area is 115 Å². The van der Waals surface area contributed by atoms with Gasteiger partial charge >= 0.3 is 18.2 Å². The van der Waals surface area contributed by atoms with Crippen molar-refractivity contribution in [3.63, 3.8) is 0 Å². The minimum absolute atomic E-state index is 0.0504. The van der Waals surface area contributed by atoms with Crippen LogP contribution >= 0.6 is 0 Å². The molecule has 8 heteroatoms. The molecular weight excluding hydrogens is 277 g/mol. The Hall–Kier alpha value is -1.47. The zero-order chi connectivity index (χ0) is 15.7. The van der Waals surface area contributed by atoms with Crippen molar-refractivity contribution in [3.05, 3.63) is 0 Å². The SMILES string of the molecule is CCN(C(=O)C(F)(F)F)C1CN(C(=O)OC(C)(C)C)C1. The molecule has 1 saturated heterocycles. The first-order chi connectivity index (χ1) is 8.95. The number of ether oxygens (including phenoxy) is 1. The van der Waals surface area contributed by atoms with E-state index in [-0.39, 0.29) is 19.6 Å². The number of amides is 2. The van der Waals surface area contributed by atoms with Gasteiger partial charge in [-0.1, -0.05) is 0 Å². The van der Waals surface area contributed by atoms with Crippen LogP contribution in [0.15, 0.2) is 0 Å². The third-order valence-electron chi connectivity index (χ3n) is 2.80. The van der Waals surface area contributed by atoms with Crippen molar-refractivity contribution in [1.82, 2.24) is 9.80 Å². The normalized spacial score (nSPS) is 16.6. The van der Waals surface area contributed by atoms with E-state index in [4.69, 9.17) is 4.74 Å². The van der Waals surface area contributed by atoms with E-state index in [1.165, 1.54) is 11.8 Å². The molecular formula is C12H19F3N2O3. The van der Waals surface area contributed by atoms with Gasteiger partial charge in [-0.2, -0.15) is 13.2 Å². The minimum atomic E-state index is -4.89. The molecule has 20 heavy (non-hydrogen) atoms. The highest BCUT2D eigenvalue weighted by Crippen LogP contribution is 2.24. The summed E-state index contributed by atoms with van der Waals surface area (Å²) in [5.41, 5.74) is -0.658. The van der Waals surface area contributed by atoms with Crippen molar-refractivity contribution in [2.24, 2.45) is 0 Å². The van der Waals surface area contributed by atoms with Gasteiger partial charge in [-0.25, -0.2) is 4.79 Å². The third-order valence-corrected chi connectivity index (χ3v) is 2.80. The van der Waals surface area contributed by atoms with Crippen molar-refractivity contribution < 1.29 is 27.5 Å². The standard InChI is InChI=1S/C12H19F3N2O3/c1-5-17(9(18)12(13,14)15)8-6-16(7-8)10(19)20-11(2,3)4/h8H,5-7H2,1-4H3. The summed E-state index contributed by atoms with van der Waals surface area (Å²) >= 11 is 0. The lowest BCUT2D eigenvalue weighted by molar-refractivity contribution is -0.190. The second kappa shape index (κ2) is 5.49. The maximum atomic E-state index is 12.4. The van der Waals surface area contributed by atoms with Crippen LogP contribution in [0.5, 0.6) is 0 Å². The topological polar surface area (TPSA) is 49.9 Å². The molecule has 0 saturated carbocycles. The molecule has 1 aliphatic rings. The molecule has 0 N–H and O–H groups in total. The lowest BCUT2D eigenvalue weighted by atomic mass is 10.1. The number of alkyl halides is 3.